The summed E-state index contributed by atoms with van der Waals surface area (Å²) in [7, 11) is 3.25. The van der Waals surface area contributed by atoms with Gasteiger partial charge in [-0.1, -0.05) is 6.07 Å². The van der Waals surface area contributed by atoms with Crippen molar-refractivity contribution in [1.29, 1.82) is 0 Å². The zero-order valence-electron chi connectivity index (χ0n) is 11.7. The number of aliphatic carboxylic acids is 1. The predicted molar refractivity (Wildman–Crippen MR) is 70.8 cm³/mol. The van der Waals surface area contributed by atoms with Gasteiger partial charge >= 0.3 is 5.97 Å². The number of carbonyl (C=O) groups is 1. The maximum Gasteiger partial charge on any atom is 0.304 e. The summed E-state index contributed by atoms with van der Waals surface area (Å²) in [5.74, 6) is -1.05. The third-order valence-corrected chi connectivity index (χ3v) is 3.43. The van der Waals surface area contributed by atoms with Crippen LogP contribution >= 0.6 is 0 Å². The van der Waals surface area contributed by atoms with Crippen LogP contribution in [0.3, 0.4) is 0 Å². The molecule has 0 aromatic heterocycles. The molecule has 0 spiro atoms. The summed E-state index contributed by atoms with van der Waals surface area (Å²) in [5.41, 5.74) is 0.790. The molecule has 0 fully saturated rings. The van der Waals surface area contributed by atoms with Crippen molar-refractivity contribution < 1.29 is 19.0 Å². The van der Waals surface area contributed by atoms with Gasteiger partial charge in [0.1, 0.15) is 0 Å². The number of carboxylic acids is 1. The van der Waals surface area contributed by atoms with Crippen molar-refractivity contribution in [2.45, 2.75) is 32.4 Å². The summed E-state index contributed by atoms with van der Waals surface area (Å²) in [4.78, 5) is 12.6. The molecule has 0 amide bonds. The molecule has 0 aliphatic heterocycles. The minimum atomic E-state index is -0.840. The van der Waals surface area contributed by atoms with Gasteiger partial charge in [0.25, 0.3) is 0 Å². The van der Waals surface area contributed by atoms with Crippen molar-refractivity contribution in [3.05, 3.63) is 29.6 Å². The van der Waals surface area contributed by atoms with E-state index in [4.69, 9.17) is 9.84 Å². The minimum Gasteiger partial charge on any atom is -0.494 e. The van der Waals surface area contributed by atoms with E-state index < -0.39 is 11.8 Å². The zero-order chi connectivity index (χ0) is 14.6. The summed E-state index contributed by atoms with van der Waals surface area (Å²) < 4.78 is 18.5. The molecule has 1 rings (SSSR count). The largest absolute Gasteiger partial charge is 0.494 e. The number of carboxylic acid groups (broad SMARTS) is 1. The molecule has 0 aliphatic carbocycles. The fraction of sp³-hybridized carbons (Fsp3) is 0.500. The van der Waals surface area contributed by atoms with Crippen LogP contribution < -0.4 is 4.74 Å². The SMILES string of the molecule is COc1ccc(C(C)N(C)C(C)CC(=O)O)cc1F. The Morgan fingerprint density at radius 1 is 1.47 bits per heavy atom. The lowest BCUT2D eigenvalue weighted by molar-refractivity contribution is -0.138. The molecule has 1 aromatic carbocycles. The Hall–Kier alpha value is -1.62. The highest BCUT2D eigenvalue weighted by molar-refractivity contribution is 5.67. The van der Waals surface area contributed by atoms with Gasteiger partial charge in [-0.15, -0.1) is 0 Å². The second kappa shape index (κ2) is 6.52. The summed E-state index contributed by atoms with van der Waals surface area (Å²) in [5, 5.41) is 8.79. The van der Waals surface area contributed by atoms with E-state index in [1.54, 1.807) is 12.1 Å². The number of halogens is 1. The Bertz CT molecular complexity index is 450. The number of benzene rings is 1. The monoisotopic (exact) mass is 269 g/mol. The molecular formula is C14H20FNO3. The van der Waals surface area contributed by atoms with E-state index in [1.165, 1.54) is 13.2 Å². The van der Waals surface area contributed by atoms with E-state index in [0.717, 1.165) is 5.56 Å². The summed E-state index contributed by atoms with van der Waals surface area (Å²) in [6, 6.07) is 4.59. The van der Waals surface area contributed by atoms with Gasteiger partial charge in [0, 0.05) is 12.1 Å². The van der Waals surface area contributed by atoms with Crippen molar-refractivity contribution >= 4 is 5.97 Å². The Labute approximate surface area is 112 Å². The lowest BCUT2D eigenvalue weighted by atomic mass is 10.0. The van der Waals surface area contributed by atoms with E-state index in [1.807, 2.05) is 25.8 Å². The quantitative estimate of drug-likeness (QED) is 0.862. The van der Waals surface area contributed by atoms with Crippen LogP contribution in [0.5, 0.6) is 5.75 Å². The first-order valence-electron chi connectivity index (χ1n) is 6.14. The number of nitrogens with zero attached hydrogens (tertiary/aromatic N) is 1. The molecule has 0 saturated heterocycles. The standard InChI is InChI=1S/C14H20FNO3/c1-9(7-14(17)18)16(3)10(2)11-5-6-13(19-4)12(15)8-11/h5-6,8-10H,7H2,1-4H3,(H,17,18). The molecule has 0 saturated carbocycles. The lowest BCUT2D eigenvalue weighted by Crippen LogP contribution is -2.33. The maximum atomic E-state index is 13.6. The smallest absolute Gasteiger partial charge is 0.304 e. The van der Waals surface area contributed by atoms with Gasteiger partial charge in [0.05, 0.1) is 13.5 Å². The lowest BCUT2D eigenvalue weighted by Gasteiger charge is -2.30. The van der Waals surface area contributed by atoms with E-state index in [0.29, 0.717) is 0 Å². The highest BCUT2D eigenvalue weighted by Crippen LogP contribution is 2.26. The molecule has 1 aromatic rings. The van der Waals surface area contributed by atoms with Gasteiger partial charge in [-0.05, 0) is 38.6 Å². The van der Waals surface area contributed by atoms with Crippen LogP contribution in [0.15, 0.2) is 18.2 Å². The number of rotatable bonds is 6. The van der Waals surface area contributed by atoms with Gasteiger partial charge in [0.15, 0.2) is 11.6 Å². The number of hydrogen-bond donors (Lipinski definition) is 1. The number of hydrogen-bond acceptors (Lipinski definition) is 3. The fourth-order valence-electron chi connectivity index (χ4n) is 1.96. The van der Waals surface area contributed by atoms with Gasteiger partial charge in [0.2, 0.25) is 0 Å². The highest BCUT2D eigenvalue weighted by Gasteiger charge is 2.20. The molecule has 106 valence electrons. The molecule has 4 nitrogen and oxygen atoms in total. The van der Waals surface area contributed by atoms with Crippen LogP contribution in [0.2, 0.25) is 0 Å². The number of ether oxygens (including phenoxy) is 1. The number of methoxy groups -OCH3 is 1. The molecule has 2 atom stereocenters. The normalized spacial score (nSPS) is 14.2. The molecule has 0 bridgehead atoms. The predicted octanol–water partition coefficient (Wildman–Crippen LogP) is 2.69. The second-order valence-corrected chi connectivity index (χ2v) is 4.68. The van der Waals surface area contributed by atoms with Crippen LogP contribution in [-0.4, -0.2) is 36.2 Å². The maximum absolute atomic E-state index is 13.6. The summed E-state index contributed by atoms with van der Waals surface area (Å²) in [6.07, 6.45) is 0.0550. The molecule has 2 unspecified atom stereocenters. The Morgan fingerprint density at radius 3 is 2.58 bits per heavy atom. The average molecular weight is 269 g/mol. The fourth-order valence-corrected chi connectivity index (χ4v) is 1.96. The van der Waals surface area contributed by atoms with Crippen LogP contribution in [0.4, 0.5) is 4.39 Å². The molecular weight excluding hydrogens is 249 g/mol. The van der Waals surface area contributed by atoms with E-state index in [9.17, 15) is 9.18 Å². The molecule has 1 N–H and O–H groups in total. The molecule has 5 heteroatoms. The summed E-state index contributed by atoms with van der Waals surface area (Å²) in [6.45, 7) is 3.75. The van der Waals surface area contributed by atoms with E-state index in [2.05, 4.69) is 0 Å². The van der Waals surface area contributed by atoms with Crippen LogP contribution in [0, 0.1) is 5.82 Å². The van der Waals surface area contributed by atoms with Crippen molar-refractivity contribution in [1.82, 2.24) is 4.90 Å². The first-order valence-corrected chi connectivity index (χ1v) is 6.14. The van der Waals surface area contributed by atoms with E-state index >= 15 is 0 Å². The van der Waals surface area contributed by atoms with Gasteiger partial charge in [-0.2, -0.15) is 0 Å². The van der Waals surface area contributed by atoms with Crippen molar-refractivity contribution in [2.24, 2.45) is 0 Å². The third kappa shape index (κ3) is 3.92. The molecule has 19 heavy (non-hydrogen) atoms. The first-order chi connectivity index (χ1) is 8.86. The van der Waals surface area contributed by atoms with Gasteiger partial charge in [-0.25, -0.2) is 4.39 Å². The Balaban J connectivity index is 2.84. The van der Waals surface area contributed by atoms with Crippen LogP contribution in [-0.2, 0) is 4.79 Å². The average Bonchev–Trinajstić information content (AvgIpc) is 2.36. The topological polar surface area (TPSA) is 49.8 Å². The van der Waals surface area contributed by atoms with Crippen molar-refractivity contribution in [2.75, 3.05) is 14.2 Å². The third-order valence-electron chi connectivity index (χ3n) is 3.43. The minimum absolute atomic E-state index is 0.0550. The van der Waals surface area contributed by atoms with Crippen LogP contribution in [0.1, 0.15) is 31.9 Å². The molecule has 0 radical (unpaired) electrons. The summed E-state index contributed by atoms with van der Waals surface area (Å²) >= 11 is 0. The van der Waals surface area contributed by atoms with Crippen molar-refractivity contribution in [3.8, 4) is 5.75 Å². The van der Waals surface area contributed by atoms with Crippen LogP contribution in [0.25, 0.3) is 0 Å². The van der Waals surface area contributed by atoms with E-state index in [-0.39, 0.29) is 24.3 Å². The van der Waals surface area contributed by atoms with Gasteiger partial charge < -0.3 is 9.84 Å². The zero-order valence-corrected chi connectivity index (χ0v) is 11.7. The molecule has 0 heterocycles. The highest BCUT2D eigenvalue weighted by atomic mass is 19.1. The molecule has 0 aliphatic rings. The second-order valence-electron chi connectivity index (χ2n) is 4.68. The first kappa shape index (κ1) is 15.4. The van der Waals surface area contributed by atoms with Gasteiger partial charge in [-0.3, -0.25) is 9.69 Å². The Kier molecular flexibility index (Phi) is 5.30. The Morgan fingerprint density at radius 2 is 2.11 bits per heavy atom. The van der Waals surface area contributed by atoms with Crippen molar-refractivity contribution in [3.63, 3.8) is 0 Å².